The molecule has 1 aromatic carbocycles. The van der Waals surface area contributed by atoms with Gasteiger partial charge in [0.2, 0.25) is 0 Å². The average Bonchev–Trinajstić information content (AvgIpc) is 2.90. The van der Waals surface area contributed by atoms with Gasteiger partial charge in [-0.05, 0) is 58.4 Å². The molecule has 0 amide bonds. The lowest BCUT2D eigenvalue weighted by atomic mass is 10.0. The van der Waals surface area contributed by atoms with Crippen molar-refractivity contribution in [2.24, 2.45) is 0 Å². The van der Waals surface area contributed by atoms with Crippen molar-refractivity contribution in [1.29, 1.82) is 0 Å². The first kappa shape index (κ1) is 13.7. The number of aromatic nitrogens is 1. The van der Waals surface area contributed by atoms with Crippen molar-refractivity contribution in [2.45, 2.75) is 13.0 Å². The fraction of sp³-hybridized carbons (Fsp3) is 0.188. The lowest BCUT2D eigenvalue weighted by Gasteiger charge is -2.17. The van der Waals surface area contributed by atoms with Crippen LogP contribution in [-0.4, -0.2) is 11.5 Å². The Balaban J connectivity index is 2.04. The number of hydrogen-bond donors (Lipinski definition) is 1. The molecule has 20 heavy (non-hydrogen) atoms. The number of nitrogens with zero attached hydrogens (tertiary/aromatic N) is 1. The van der Waals surface area contributed by atoms with E-state index in [0.717, 1.165) is 15.8 Å². The molecule has 1 N–H and O–H groups in total. The Kier molecular flexibility index (Phi) is 4.15. The molecule has 0 radical (unpaired) electrons. The summed E-state index contributed by atoms with van der Waals surface area (Å²) in [5.41, 5.74) is 2.32. The molecule has 3 aromatic rings. The van der Waals surface area contributed by atoms with Gasteiger partial charge in [0.25, 0.3) is 0 Å². The van der Waals surface area contributed by atoms with E-state index in [1.807, 2.05) is 12.3 Å². The summed E-state index contributed by atoms with van der Waals surface area (Å²) in [7, 11) is 0. The fourth-order valence-electron chi connectivity index (χ4n) is 2.34. The maximum Gasteiger partial charge on any atom is 0.0702 e. The number of fused-ring (bicyclic) bond motifs is 1. The summed E-state index contributed by atoms with van der Waals surface area (Å²) in [5, 5.41) is 4.75. The normalized spacial score (nSPS) is 12.7. The molecule has 3 rings (SSSR count). The lowest BCUT2D eigenvalue weighted by molar-refractivity contribution is 0.640. The third-order valence-electron chi connectivity index (χ3n) is 3.25. The van der Waals surface area contributed by atoms with Gasteiger partial charge in [0, 0.05) is 16.5 Å². The highest BCUT2D eigenvalue weighted by Crippen LogP contribution is 2.32. The molecule has 1 unspecified atom stereocenters. The second kappa shape index (κ2) is 6.04. The highest BCUT2D eigenvalue weighted by Gasteiger charge is 2.15. The number of benzene rings is 1. The number of pyridine rings is 1. The van der Waals surface area contributed by atoms with Crippen molar-refractivity contribution in [3.8, 4) is 0 Å². The number of nitrogens with one attached hydrogen (secondary N) is 1. The molecule has 2 heterocycles. The van der Waals surface area contributed by atoms with Gasteiger partial charge >= 0.3 is 0 Å². The molecular weight excluding hydrogens is 332 g/mol. The molecule has 2 aromatic heterocycles. The highest BCUT2D eigenvalue weighted by atomic mass is 79.9. The van der Waals surface area contributed by atoms with Crippen molar-refractivity contribution in [1.82, 2.24) is 10.3 Å². The first-order valence-electron chi connectivity index (χ1n) is 6.61. The first-order valence-corrected chi connectivity index (χ1v) is 8.22. The zero-order chi connectivity index (χ0) is 13.9. The van der Waals surface area contributed by atoms with Gasteiger partial charge in [-0.1, -0.05) is 19.1 Å². The Hall–Kier alpha value is -1.23. The van der Waals surface area contributed by atoms with Gasteiger partial charge < -0.3 is 5.32 Å². The minimum absolute atomic E-state index is 0.237. The average molecular weight is 347 g/mol. The van der Waals surface area contributed by atoms with Gasteiger partial charge in [-0.15, -0.1) is 11.3 Å². The van der Waals surface area contributed by atoms with Crippen LogP contribution in [0.4, 0.5) is 0 Å². The largest absolute Gasteiger partial charge is 0.306 e. The molecule has 0 saturated heterocycles. The quantitative estimate of drug-likeness (QED) is 0.736. The minimum Gasteiger partial charge on any atom is -0.306 e. The van der Waals surface area contributed by atoms with Crippen LogP contribution >= 0.6 is 27.3 Å². The van der Waals surface area contributed by atoms with Crippen molar-refractivity contribution >= 4 is 38.2 Å². The van der Waals surface area contributed by atoms with Gasteiger partial charge in [0.05, 0.1) is 15.3 Å². The molecule has 0 aliphatic heterocycles. The number of thiophene rings is 1. The minimum atomic E-state index is 0.237. The SMILES string of the molecule is CCNC(c1ccc2ncccc2c1)c1ccc(Br)s1. The van der Waals surface area contributed by atoms with Crippen LogP contribution in [0.15, 0.2) is 52.4 Å². The number of halogens is 1. The highest BCUT2D eigenvalue weighted by molar-refractivity contribution is 9.11. The number of rotatable bonds is 4. The summed E-state index contributed by atoms with van der Waals surface area (Å²) in [6, 6.07) is 15.1. The Morgan fingerprint density at radius 1 is 1.25 bits per heavy atom. The van der Waals surface area contributed by atoms with Crippen LogP contribution in [0.5, 0.6) is 0 Å². The van der Waals surface area contributed by atoms with Crippen LogP contribution in [-0.2, 0) is 0 Å². The summed E-state index contributed by atoms with van der Waals surface area (Å²) in [4.78, 5) is 5.70. The molecule has 2 nitrogen and oxygen atoms in total. The van der Waals surface area contributed by atoms with E-state index in [1.165, 1.54) is 15.8 Å². The Morgan fingerprint density at radius 2 is 2.15 bits per heavy atom. The Bertz CT molecular complexity index is 723. The van der Waals surface area contributed by atoms with Gasteiger partial charge in [0.1, 0.15) is 0 Å². The maximum absolute atomic E-state index is 4.38. The van der Waals surface area contributed by atoms with Gasteiger partial charge in [-0.25, -0.2) is 0 Å². The molecule has 0 aliphatic rings. The van der Waals surface area contributed by atoms with E-state index < -0.39 is 0 Å². The summed E-state index contributed by atoms with van der Waals surface area (Å²) in [6.07, 6.45) is 1.83. The van der Waals surface area contributed by atoms with Crippen molar-refractivity contribution in [3.63, 3.8) is 0 Å². The molecule has 0 aliphatic carbocycles. The van der Waals surface area contributed by atoms with E-state index >= 15 is 0 Å². The monoisotopic (exact) mass is 346 g/mol. The van der Waals surface area contributed by atoms with E-state index in [1.54, 1.807) is 11.3 Å². The van der Waals surface area contributed by atoms with Crippen LogP contribution < -0.4 is 5.32 Å². The van der Waals surface area contributed by atoms with E-state index in [4.69, 9.17) is 0 Å². The van der Waals surface area contributed by atoms with Gasteiger partial charge in [-0.3, -0.25) is 4.98 Å². The first-order chi connectivity index (χ1) is 9.78. The third-order valence-corrected chi connectivity index (χ3v) is 4.94. The standard InChI is InChI=1S/C16H15BrN2S/c1-2-18-16(14-7-8-15(17)20-14)12-5-6-13-11(10-12)4-3-9-19-13/h3-10,16,18H,2H2,1H3. The molecule has 0 spiro atoms. The van der Waals surface area contributed by atoms with Crippen LogP contribution in [0.1, 0.15) is 23.4 Å². The zero-order valence-electron chi connectivity index (χ0n) is 11.1. The number of hydrogen-bond acceptors (Lipinski definition) is 3. The Labute approximate surface area is 131 Å². The molecule has 102 valence electrons. The predicted molar refractivity (Wildman–Crippen MR) is 89.3 cm³/mol. The molecule has 0 bridgehead atoms. The van der Waals surface area contributed by atoms with Crippen molar-refractivity contribution in [3.05, 3.63) is 62.9 Å². The van der Waals surface area contributed by atoms with Crippen LogP contribution in [0.3, 0.4) is 0 Å². The van der Waals surface area contributed by atoms with Crippen LogP contribution in [0, 0.1) is 0 Å². The zero-order valence-corrected chi connectivity index (χ0v) is 13.5. The smallest absolute Gasteiger partial charge is 0.0702 e. The third kappa shape index (κ3) is 2.77. The molecule has 4 heteroatoms. The summed E-state index contributed by atoms with van der Waals surface area (Å²) < 4.78 is 1.16. The second-order valence-electron chi connectivity index (χ2n) is 4.59. The van der Waals surface area contributed by atoms with Crippen LogP contribution in [0.2, 0.25) is 0 Å². The summed E-state index contributed by atoms with van der Waals surface area (Å²) in [6.45, 7) is 3.07. The van der Waals surface area contributed by atoms with Gasteiger partial charge in [-0.2, -0.15) is 0 Å². The van der Waals surface area contributed by atoms with E-state index in [2.05, 4.69) is 69.6 Å². The van der Waals surface area contributed by atoms with Gasteiger partial charge in [0.15, 0.2) is 0 Å². The second-order valence-corrected chi connectivity index (χ2v) is 7.08. The van der Waals surface area contributed by atoms with E-state index in [9.17, 15) is 0 Å². The topological polar surface area (TPSA) is 24.9 Å². The molecule has 0 fully saturated rings. The summed E-state index contributed by atoms with van der Waals surface area (Å²) in [5.74, 6) is 0. The van der Waals surface area contributed by atoms with Crippen molar-refractivity contribution in [2.75, 3.05) is 6.54 Å². The fourth-order valence-corrected chi connectivity index (χ4v) is 3.87. The Morgan fingerprint density at radius 3 is 2.90 bits per heavy atom. The van der Waals surface area contributed by atoms with Crippen LogP contribution in [0.25, 0.3) is 10.9 Å². The van der Waals surface area contributed by atoms with Crippen molar-refractivity contribution < 1.29 is 0 Å². The molecular formula is C16H15BrN2S. The molecule has 1 atom stereocenters. The molecule has 0 saturated carbocycles. The van der Waals surface area contributed by atoms with E-state index in [-0.39, 0.29) is 6.04 Å². The predicted octanol–water partition coefficient (Wildman–Crippen LogP) is 4.76. The summed E-state index contributed by atoms with van der Waals surface area (Å²) >= 11 is 5.32. The maximum atomic E-state index is 4.38. The van der Waals surface area contributed by atoms with E-state index in [0.29, 0.717) is 0 Å². The lowest BCUT2D eigenvalue weighted by Crippen LogP contribution is -2.21.